The zero-order chi connectivity index (χ0) is 16.7. The number of para-hydroxylation sites is 1. The third kappa shape index (κ3) is 4.85. The molecule has 2 aromatic carbocycles. The van der Waals surface area contributed by atoms with Gasteiger partial charge in [0.15, 0.2) is 0 Å². The predicted octanol–water partition coefficient (Wildman–Crippen LogP) is 3.19. The third-order valence-electron chi connectivity index (χ3n) is 3.25. The summed E-state index contributed by atoms with van der Waals surface area (Å²) in [6, 6.07) is 14.2. The summed E-state index contributed by atoms with van der Waals surface area (Å²) in [5, 5.41) is 2.74. The maximum atomic E-state index is 11.9. The van der Waals surface area contributed by atoms with Crippen molar-refractivity contribution in [2.75, 3.05) is 19.0 Å². The third-order valence-corrected chi connectivity index (χ3v) is 3.25. The summed E-state index contributed by atoms with van der Waals surface area (Å²) in [7, 11) is 1.32. The van der Waals surface area contributed by atoms with Crippen LogP contribution in [0.25, 0.3) is 0 Å². The van der Waals surface area contributed by atoms with Crippen LogP contribution in [0, 0.1) is 6.92 Å². The SMILES string of the molecule is COC(=O)c1cccc(NC(=O)CCOc2ccccc2C)c1. The van der Waals surface area contributed by atoms with Crippen LogP contribution >= 0.6 is 0 Å². The minimum absolute atomic E-state index is 0.180. The van der Waals surface area contributed by atoms with Crippen LogP contribution in [-0.2, 0) is 9.53 Å². The number of hydrogen-bond acceptors (Lipinski definition) is 4. The first-order valence-corrected chi connectivity index (χ1v) is 7.27. The van der Waals surface area contributed by atoms with Gasteiger partial charge in [0.2, 0.25) is 5.91 Å². The van der Waals surface area contributed by atoms with Gasteiger partial charge < -0.3 is 14.8 Å². The van der Waals surface area contributed by atoms with Crippen LogP contribution < -0.4 is 10.1 Å². The number of carbonyl (C=O) groups is 2. The predicted molar refractivity (Wildman–Crippen MR) is 87.7 cm³/mol. The Kier molecular flexibility index (Phi) is 5.74. The molecule has 0 saturated carbocycles. The van der Waals surface area contributed by atoms with Crippen LogP contribution in [0.5, 0.6) is 5.75 Å². The molecule has 2 rings (SSSR count). The summed E-state index contributed by atoms with van der Waals surface area (Å²) < 4.78 is 10.2. The molecule has 0 atom stereocenters. The van der Waals surface area contributed by atoms with Crippen LogP contribution in [0.15, 0.2) is 48.5 Å². The van der Waals surface area contributed by atoms with Gasteiger partial charge in [-0.05, 0) is 36.8 Å². The molecule has 5 heteroatoms. The Morgan fingerprint density at radius 1 is 1.09 bits per heavy atom. The zero-order valence-electron chi connectivity index (χ0n) is 13.2. The van der Waals surface area contributed by atoms with E-state index in [0.717, 1.165) is 11.3 Å². The van der Waals surface area contributed by atoms with E-state index in [4.69, 9.17) is 4.74 Å². The number of carbonyl (C=O) groups excluding carboxylic acids is 2. The molecule has 1 amide bonds. The highest BCUT2D eigenvalue weighted by molar-refractivity contribution is 5.94. The number of aryl methyl sites for hydroxylation is 1. The van der Waals surface area contributed by atoms with Gasteiger partial charge in [0.25, 0.3) is 0 Å². The van der Waals surface area contributed by atoms with Gasteiger partial charge in [-0.15, -0.1) is 0 Å². The standard InChI is InChI=1S/C18H19NO4/c1-13-6-3-4-9-16(13)23-11-10-17(20)19-15-8-5-7-14(12-15)18(21)22-2/h3-9,12H,10-11H2,1-2H3,(H,19,20). The van der Waals surface area contributed by atoms with E-state index in [0.29, 0.717) is 11.3 Å². The average Bonchev–Trinajstić information content (AvgIpc) is 2.56. The Hall–Kier alpha value is -2.82. The van der Waals surface area contributed by atoms with Crippen LogP contribution in [0.3, 0.4) is 0 Å². The Labute approximate surface area is 135 Å². The largest absolute Gasteiger partial charge is 0.493 e. The number of ether oxygens (including phenoxy) is 2. The lowest BCUT2D eigenvalue weighted by molar-refractivity contribution is -0.116. The van der Waals surface area contributed by atoms with E-state index in [1.54, 1.807) is 24.3 Å². The van der Waals surface area contributed by atoms with Crippen molar-refractivity contribution in [1.29, 1.82) is 0 Å². The number of methoxy groups -OCH3 is 1. The monoisotopic (exact) mass is 313 g/mol. The summed E-state index contributed by atoms with van der Waals surface area (Å²) >= 11 is 0. The molecule has 0 aliphatic carbocycles. The molecule has 0 bridgehead atoms. The van der Waals surface area contributed by atoms with Crippen molar-refractivity contribution in [3.63, 3.8) is 0 Å². The fourth-order valence-electron chi connectivity index (χ4n) is 2.04. The fraction of sp³-hybridized carbons (Fsp3) is 0.222. The number of amides is 1. The fourth-order valence-corrected chi connectivity index (χ4v) is 2.04. The first-order valence-electron chi connectivity index (χ1n) is 7.27. The molecule has 0 heterocycles. The normalized spacial score (nSPS) is 10.0. The van der Waals surface area contributed by atoms with E-state index in [1.165, 1.54) is 7.11 Å². The highest BCUT2D eigenvalue weighted by Crippen LogP contribution is 2.16. The number of benzene rings is 2. The molecule has 5 nitrogen and oxygen atoms in total. The second-order valence-corrected chi connectivity index (χ2v) is 4.98. The quantitative estimate of drug-likeness (QED) is 0.832. The minimum atomic E-state index is -0.441. The van der Waals surface area contributed by atoms with E-state index in [-0.39, 0.29) is 18.9 Å². The van der Waals surface area contributed by atoms with Gasteiger partial charge in [-0.3, -0.25) is 4.79 Å². The van der Waals surface area contributed by atoms with E-state index >= 15 is 0 Å². The van der Waals surface area contributed by atoms with Crippen LogP contribution in [0.1, 0.15) is 22.3 Å². The summed E-state index contributed by atoms with van der Waals surface area (Å²) in [6.45, 7) is 2.24. The second kappa shape index (κ2) is 7.98. The Bertz CT molecular complexity index is 697. The molecule has 0 unspecified atom stereocenters. The maximum absolute atomic E-state index is 11.9. The van der Waals surface area contributed by atoms with Crippen molar-refractivity contribution in [3.8, 4) is 5.75 Å². The molecule has 0 fully saturated rings. The highest BCUT2D eigenvalue weighted by atomic mass is 16.5. The molecule has 0 aliphatic rings. The minimum Gasteiger partial charge on any atom is -0.493 e. The Morgan fingerprint density at radius 3 is 2.61 bits per heavy atom. The second-order valence-electron chi connectivity index (χ2n) is 4.98. The maximum Gasteiger partial charge on any atom is 0.337 e. The molecule has 0 radical (unpaired) electrons. The van der Waals surface area contributed by atoms with Crippen molar-refractivity contribution in [3.05, 3.63) is 59.7 Å². The first kappa shape index (κ1) is 16.5. The summed E-state index contributed by atoms with van der Waals surface area (Å²) in [5.41, 5.74) is 1.97. The molecule has 1 N–H and O–H groups in total. The van der Waals surface area contributed by atoms with Crippen molar-refractivity contribution < 1.29 is 19.1 Å². The van der Waals surface area contributed by atoms with Crippen LogP contribution in [0.2, 0.25) is 0 Å². The average molecular weight is 313 g/mol. The topological polar surface area (TPSA) is 64.6 Å². The van der Waals surface area contributed by atoms with Crippen molar-refractivity contribution in [1.82, 2.24) is 0 Å². The van der Waals surface area contributed by atoms with Gasteiger partial charge in [0.05, 0.1) is 25.7 Å². The van der Waals surface area contributed by atoms with E-state index in [1.807, 2.05) is 31.2 Å². The van der Waals surface area contributed by atoms with Crippen molar-refractivity contribution in [2.24, 2.45) is 0 Å². The van der Waals surface area contributed by atoms with E-state index in [2.05, 4.69) is 10.1 Å². The highest BCUT2D eigenvalue weighted by Gasteiger charge is 2.08. The van der Waals surface area contributed by atoms with Crippen LogP contribution in [0.4, 0.5) is 5.69 Å². The lowest BCUT2D eigenvalue weighted by atomic mass is 10.2. The van der Waals surface area contributed by atoms with Gasteiger partial charge >= 0.3 is 5.97 Å². The van der Waals surface area contributed by atoms with Gasteiger partial charge in [-0.2, -0.15) is 0 Å². The molecular weight excluding hydrogens is 294 g/mol. The Balaban J connectivity index is 1.85. The number of hydrogen-bond donors (Lipinski definition) is 1. The molecular formula is C18H19NO4. The van der Waals surface area contributed by atoms with Gasteiger partial charge in [0.1, 0.15) is 5.75 Å². The summed E-state index contributed by atoms with van der Waals surface area (Å²) in [5.74, 6) is 0.151. The molecule has 0 saturated heterocycles. The van der Waals surface area contributed by atoms with E-state index in [9.17, 15) is 9.59 Å². The molecule has 0 spiro atoms. The summed E-state index contributed by atoms with van der Waals surface area (Å²) in [4.78, 5) is 23.4. The molecule has 0 aromatic heterocycles. The lowest BCUT2D eigenvalue weighted by Crippen LogP contribution is -2.15. The number of nitrogens with one attached hydrogen (secondary N) is 1. The molecule has 0 aliphatic heterocycles. The first-order chi connectivity index (χ1) is 11.1. The van der Waals surface area contributed by atoms with E-state index < -0.39 is 5.97 Å². The summed E-state index contributed by atoms with van der Waals surface area (Å²) in [6.07, 6.45) is 0.219. The van der Waals surface area contributed by atoms with Gasteiger partial charge in [0, 0.05) is 5.69 Å². The zero-order valence-corrected chi connectivity index (χ0v) is 13.2. The lowest BCUT2D eigenvalue weighted by Gasteiger charge is -2.09. The van der Waals surface area contributed by atoms with Crippen molar-refractivity contribution in [2.45, 2.75) is 13.3 Å². The molecule has 23 heavy (non-hydrogen) atoms. The smallest absolute Gasteiger partial charge is 0.337 e. The molecule has 120 valence electrons. The number of esters is 1. The Morgan fingerprint density at radius 2 is 1.87 bits per heavy atom. The van der Waals surface area contributed by atoms with Crippen LogP contribution in [-0.4, -0.2) is 25.6 Å². The number of anilines is 1. The number of rotatable bonds is 6. The molecule has 2 aromatic rings. The van der Waals surface area contributed by atoms with Gasteiger partial charge in [-0.25, -0.2) is 4.79 Å². The van der Waals surface area contributed by atoms with Crippen molar-refractivity contribution >= 4 is 17.6 Å². The van der Waals surface area contributed by atoms with Gasteiger partial charge in [-0.1, -0.05) is 24.3 Å².